The van der Waals surface area contributed by atoms with Gasteiger partial charge in [0.1, 0.15) is 5.41 Å². The van der Waals surface area contributed by atoms with Crippen LogP contribution in [0.5, 0.6) is 0 Å². The number of imide groups is 2. The Morgan fingerprint density at radius 3 is 2.38 bits per heavy atom. The molecular formula is C15H24N2O4. The van der Waals surface area contributed by atoms with Crippen molar-refractivity contribution in [1.82, 2.24) is 10.2 Å². The zero-order valence-electron chi connectivity index (χ0n) is 12.8. The minimum absolute atomic E-state index is 0.292. The fraction of sp³-hybridized carbons (Fsp3) is 0.800. The quantitative estimate of drug-likeness (QED) is 0.803. The molecule has 21 heavy (non-hydrogen) atoms. The summed E-state index contributed by atoms with van der Waals surface area (Å²) in [6, 6.07) is -0.988. The van der Waals surface area contributed by atoms with Gasteiger partial charge in [0.25, 0.3) is 0 Å². The molecule has 1 N–H and O–H groups in total. The molecule has 118 valence electrons. The molecule has 1 spiro atoms. The summed E-state index contributed by atoms with van der Waals surface area (Å²) in [5.41, 5.74) is -1.05. The van der Waals surface area contributed by atoms with E-state index in [9.17, 15) is 14.4 Å². The Labute approximate surface area is 125 Å². The van der Waals surface area contributed by atoms with E-state index in [0.717, 1.165) is 25.7 Å². The molecule has 0 bridgehead atoms. The van der Waals surface area contributed by atoms with Crippen LogP contribution in [-0.4, -0.2) is 42.0 Å². The van der Waals surface area contributed by atoms with Gasteiger partial charge < -0.3 is 4.74 Å². The molecule has 1 saturated carbocycles. The molecule has 1 atom stereocenters. The predicted molar refractivity (Wildman–Crippen MR) is 76.5 cm³/mol. The van der Waals surface area contributed by atoms with Gasteiger partial charge in [-0.3, -0.25) is 19.8 Å². The van der Waals surface area contributed by atoms with Crippen LogP contribution in [0.2, 0.25) is 0 Å². The van der Waals surface area contributed by atoms with Gasteiger partial charge in [0.15, 0.2) is 0 Å². The number of ether oxygens (including phenoxy) is 1. The van der Waals surface area contributed by atoms with Crippen molar-refractivity contribution in [2.24, 2.45) is 5.41 Å². The highest BCUT2D eigenvalue weighted by molar-refractivity contribution is 6.19. The molecule has 4 amide bonds. The van der Waals surface area contributed by atoms with Gasteiger partial charge in [-0.05, 0) is 26.7 Å². The number of carbonyl (C=O) groups excluding carboxylic acids is 3. The molecule has 6 heteroatoms. The largest absolute Gasteiger partial charge is 0.380 e. The number of hydrogen-bond donors (Lipinski definition) is 1. The number of hydrogen-bond acceptors (Lipinski definition) is 4. The van der Waals surface area contributed by atoms with Crippen LogP contribution in [0.1, 0.15) is 52.4 Å². The number of rotatable bonds is 4. The lowest BCUT2D eigenvalue weighted by molar-refractivity contribution is -0.154. The van der Waals surface area contributed by atoms with Crippen molar-refractivity contribution in [2.45, 2.75) is 58.4 Å². The number of carbonyl (C=O) groups is 3. The summed E-state index contributed by atoms with van der Waals surface area (Å²) in [6.45, 7) is 4.45. The maximum atomic E-state index is 12.9. The van der Waals surface area contributed by atoms with Crippen LogP contribution in [0, 0.1) is 5.41 Å². The van der Waals surface area contributed by atoms with Gasteiger partial charge in [-0.1, -0.05) is 25.7 Å². The van der Waals surface area contributed by atoms with E-state index in [1.54, 1.807) is 6.92 Å². The molecule has 1 aliphatic heterocycles. The van der Waals surface area contributed by atoms with E-state index >= 15 is 0 Å². The molecule has 0 aromatic carbocycles. The standard InChI is InChI=1S/C15H24N2O4/c1-3-21-10-11(2)17-13(19)15(12(18)16-14(17)20)8-6-4-5-7-9-15/h11H,3-10H2,1-2H3,(H,16,18,20). The van der Waals surface area contributed by atoms with Crippen molar-refractivity contribution < 1.29 is 19.1 Å². The molecule has 2 aliphatic rings. The van der Waals surface area contributed by atoms with Crippen LogP contribution in [0.3, 0.4) is 0 Å². The van der Waals surface area contributed by atoms with Gasteiger partial charge in [-0.2, -0.15) is 0 Å². The Balaban J connectivity index is 2.24. The van der Waals surface area contributed by atoms with E-state index in [-0.39, 0.29) is 11.9 Å². The molecule has 0 radical (unpaired) electrons. The molecule has 0 aromatic rings. The van der Waals surface area contributed by atoms with Gasteiger partial charge >= 0.3 is 6.03 Å². The van der Waals surface area contributed by atoms with E-state index in [2.05, 4.69) is 5.32 Å². The molecule has 1 saturated heterocycles. The first kappa shape index (κ1) is 15.9. The molecule has 0 aromatic heterocycles. The van der Waals surface area contributed by atoms with Crippen LogP contribution in [0.15, 0.2) is 0 Å². The second kappa shape index (κ2) is 6.56. The Morgan fingerprint density at radius 2 is 1.81 bits per heavy atom. The number of barbiturate groups is 1. The fourth-order valence-corrected chi connectivity index (χ4v) is 3.23. The minimum atomic E-state index is -1.05. The summed E-state index contributed by atoms with van der Waals surface area (Å²) in [5, 5.41) is 2.38. The number of nitrogens with one attached hydrogen (secondary N) is 1. The minimum Gasteiger partial charge on any atom is -0.380 e. The van der Waals surface area contributed by atoms with Crippen molar-refractivity contribution >= 4 is 17.8 Å². The Kier molecular flexibility index (Phi) is 4.98. The van der Waals surface area contributed by atoms with Crippen LogP contribution in [-0.2, 0) is 14.3 Å². The van der Waals surface area contributed by atoms with E-state index in [4.69, 9.17) is 4.74 Å². The van der Waals surface area contributed by atoms with Crippen LogP contribution in [0.4, 0.5) is 4.79 Å². The lowest BCUT2D eigenvalue weighted by Crippen LogP contribution is -2.66. The molecule has 2 fully saturated rings. The molecule has 1 heterocycles. The van der Waals surface area contributed by atoms with Crippen LogP contribution in [0.25, 0.3) is 0 Å². The maximum Gasteiger partial charge on any atom is 0.331 e. The summed E-state index contributed by atoms with van der Waals surface area (Å²) in [7, 11) is 0. The average molecular weight is 296 g/mol. The Hall–Kier alpha value is -1.43. The zero-order valence-corrected chi connectivity index (χ0v) is 12.8. The smallest absolute Gasteiger partial charge is 0.331 e. The molecular weight excluding hydrogens is 272 g/mol. The summed E-state index contributed by atoms with van der Waals surface area (Å²) >= 11 is 0. The lowest BCUT2D eigenvalue weighted by Gasteiger charge is -2.41. The fourth-order valence-electron chi connectivity index (χ4n) is 3.23. The zero-order chi connectivity index (χ0) is 15.5. The third-order valence-electron chi connectivity index (χ3n) is 4.46. The molecule has 1 aliphatic carbocycles. The topological polar surface area (TPSA) is 75.7 Å². The highest BCUT2D eigenvalue weighted by Crippen LogP contribution is 2.39. The highest BCUT2D eigenvalue weighted by Gasteiger charge is 2.54. The van der Waals surface area contributed by atoms with Gasteiger partial charge in [-0.25, -0.2) is 4.79 Å². The van der Waals surface area contributed by atoms with Crippen molar-refractivity contribution in [1.29, 1.82) is 0 Å². The SMILES string of the molecule is CCOCC(C)N1C(=O)NC(=O)C2(CCCCCC2)C1=O. The van der Waals surface area contributed by atoms with Crippen molar-refractivity contribution in [3.8, 4) is 0 Å². The summed E-state index contributed by atoms with van der Waals surface area (Å²) in [6.07, 6.45) is 4.82. The van der Waals surface area contributed by atoms with E-state index in [1.807, 2.05) is 6.92 Å². The average Bonchev–Trinajstić information content (AvgIpc) is 2.70. The second-order valence-electron chi connectivity index (χ2n) is 5.94. The van der Waals surface area contributed by atoms with Gasteiger partial charge in [0.05, 0.1) is 12.6 Å². The van der Waals surface area contributed by atoms with Gasteiger partial charge in [-0.15, -0.1) is 0 Å². The number of amides is 4. The first-order valence-corrected chi connectivity index (χ1v) is 7.79. The Bertz CT molecular complexity index is 427. The van der Waals surface area contributed by atoms with E-state index in [0.29, 0.717) is 26.1 Å². The molecule has 2 rings (SSSR count). The third kappa shape index (κ3) is 2.95. The summed E-state index contributed by atoms with van der Waals surface area (Å²) < 4.78 is 5.31. The first-order valence-electron chi connectivity index (χ1n) is 7.79. The highest BCUT2D eigenvalue weighted by atomic mass is 16.5. The molecule has 6 nitrogen and oxygen atoms in total. The van der Waals surface area contributed by atoms with Gasteiger partial charge in [0, 0.05) is 6.61 Å². The normalized spacial score (nSPS) is 23.9. The third-order valence-corrected chi connectivity index (χ3v) is 4.46. The first-order chi connectivity index (χ1) is 10.0. The molecule has 1 unspecified atom stereocenters. The van der Waals surface area contributed by atoms with E-state index in [1.165, 1.54) is 4.90 Å². The van der Waals surface area contributed by atoms with Crippen LogP contribution < -0.4 is 5.32 Å². The number of nitrogens with zero attached hydrogens (tertiary/aromatic N) is 1. The van der Waals surface area contributed by atoms with Gasteiger partial charge in [0.2, 0.25) is 11.8 Å². The maximum absolute atomic E-state index is 12.9. The van der Waals surface area contributed by atoms with Crippen molar-refractivity contribution in [3.05, 3.63) is 0 Å². The monoisotopic (exact) mass is 296 g/mol. The Morgan fingerprint density at radius 1 is 1.19 bits per heavy atom. The predicted octanol–water partition coefficient (Wildman–Crippen LogP) is 1.83. The summed E-state index contributed by atoms with van der Waals surface area (Å²) in [4.78, 5) is 38.4. The summed E-state index contributed by atoms with van der Waals surface area (Å²) in [5.74, 6) is -0.760. The van der Waals surface area contributed by atoms with E-state index < -0.39 is 17.4 Å². The lowest BCUT2D eigenvalue weighted by atomic mass is 9.76. The van der Waals surface area contributed by atoms with Crippen molar-refractivity contribution in [2.75, 3.05) is 13.2 Å². The second-order valence-corrected chi connectivity index (χ2v) is 5.94. The van der Waals surface area contributed by atoms with Crippen molar-refractivity contribution in [3.63, 3.8) is 0 Å². The number of urea groups is 1. The van der Waals surface area contributed by atoms with Crippen LogP contribution >= 0.6 is 0 Å².